The monoisotopic (exact) mass is 623 g/mol. The third-order valence-corrected chi connectivity index (χ3v) is 8.22. The summed E-state index contributed by atoms with van der Waals surface area (Å²) < 4.78 is 0. The van der Waals surface area contributed by atoms with Crippen LogP contribution < -0.4 is 5.32 Å². The Morgan fingerprint density at radius 1 is 0.630 bits per heavy atom. The summed E-state index contributed by atoms with van der Waals surface area (Å²) in [6, 6.07) is 28.3. The summed E-state index contributed by atoms with van der Waals surface area (Å²) in [5.74, 6) is -1.04. The predicted molar refractivity (Wildman–Crippen MR) is 178 cm³/mol. The van der Waals surface area contributed by atoms with Crippen molar-refractivity contribution in [3.05, 3.63) is 119 Å². The molecule has 0 heterocycles. The van der Waals surface area contributed by atoms with E-state index in [1.807, 2.05) is 72.8 Å². The van der Waals surface area contributed by atoms with Gasteiger partial charge in [-0.3, -0.25) is 19.4 Å². The van der Waals surface area contributed by atoms with E-state index in [4.69, 9.17) is 5.11 Å². The second kappa shape index (κ2) is 15.2. The van der Waals surface area contributed by atoms with Crippen molar-refractivity contribution >= 4 is 34.6 Å². The number of nitrogens with one attached hydrogen (secondary N) is 1. The Morgan fingerprint density at radius 2 is 1.24 bits per heavy atom. The van der Waals surface area contributed by atoms with Crippen LogP contribution in [-0.4, -0.2) is 96.1 Å². The van der Waals surface area contributed by atoms with Crippen molar-refractivity contribution < 1.29 is 24.3 Å². The number of nitrogens with zero attached hydrogens (tertiary/aromatic N) is 4. The highest BCUT2D eigenvalue weighted by Crippen LogP contribution is 2.21. The van der Waals surface area contributed by atoms with Crippen LogP contribution in [-0.2, 0) is 29.0 Å². The SMILES string of the molecule is CN(C(=O)c1cccc(CNC(=O)O)c1)C(Cc1ccc2ccccc2c1)C(=O)N(C)C(Cc1ccccc1)C(=O)N(C)N(C)C. The normalized spacial score (nSPS) is 12.3. The Morgan fingerprint density at radius 3 is 1.91 bits per heavy atom. The maximum atomic E-state index is 14.5. The van der Waals surface area contributed by atoms with Gasteiger partial charge in [-0.25, -0.2) is 9.80 Å². The summed E-state index contributed by atoms with van der Waals surface area (Å²) in [6.45, 7) is 0.0328. The van der Waals surface area contributed by atoms with Crippen molar-refractivity contribution in [2.45, 2.75) is 31.5 Å². The van der Waals surface area contributed by atoms with Gasteiger partial charge in [0.05, 0.1) is 0 Å². The average molecular weight is 624 g/mol. The lowest BCUT2D eigenvalue weighted by Gasteiger charge is -2.37. The molecule has 2 N–H and O–H groups in total. The van der Waals surface area contributed by atoms with Gasteiger partial charge in [0.25, 0.3) is 11.8 Å². The van der Waals surface area contributed by atoms with E-state index in [0.717, 1.165) is 21.9 Å². The molecule has 4 aromatic carbocycles. The van der Waals surface area contributed by atoms with Gasteiger partial charge < -0.3 is 20.2 Å². The van der Waals surface area contributed by atoms with Crippen LogP contribution in [0.1, 0.15) is 27.0 Å². The number of carbonyl (C=O) groups is 4. The summed E-state index contributed by atoms with van der Waals surface area (Å²) in [6.07, 6.45) is -0.664. The van der Waals surface area contributed by atoms with Crippen molar-refractivity contribution in [1.82, 2.24) is 25.1 Å². The molecular weight excluding hydrogens is 582 g/mol. The Kier molecular flexibility index (Phi) is 11.1. The van der Waals surface area contributed by atoms with E-state index in [1.165, 1.54) is 14.8 Å². The van der Waals surface area contributed by atoms with Gasteiger partial charge in [0.15, 0.2) is 0 Å². The molecule has 0 aliphatic rings. The predicted octanol–water partition coefficient (Wildman–Crippen LogP) is 4.30. The second-order valence-electron chi connectivity index (χ2n) is 11.5. The van der Waals surface area contributed by atoms with E-state index in [-0.39, 0.29) is 24.8 Å². The lowest BCUT2D eigenvalue weighted by Crippen LogP contribution is -2.57. The van der Waals surface area contributed by atoms with Gasteiger partial charge in [-0.2, -0.15) is 0 Å². The van der Waals surface area contributed by atoms with Gasteiger partial charge in [-0.15, -0.1) is 0 Å². The Labute approximate surface area is 269 Å². The molecule has 10 heteroatoms. The quantitative estimate of drug-likeness (QED) is 0.228. The molecular formula is C36H41N5O5. The molecule has 4 aromatic rings. The third-order valence-electron chi connectivity index (χ3n) is 8.22. The van der Waals surface area contributed by atoms with E-state index in [9.17, 15) is 19.2 Å². The standard InChI is InChI=1S/C36H41N5O5/c1-38(2)41(5)35(44)32(22-25-12-7-6-8-13-25)40(4)34(43)31(23-26-18-19-28-15-9-10-16-29(28)20-26)39(3)33(42)30-17-11-14-27(21-30)24-37-36(45)46/h6-21,31-32,37H,22-24H2,1-5H3,(H,45,46). The average Bonchev–Trinajstić information content (AvgIpc) is 3.07. The van der Waals surface area contributed by atoms with E-state index in [0.29, 0.717) is 17.5 Å². The van der Waals surface area contributed by atoms with Crippen molar-refractivity contribution in [2.24, 2.45) is 0 Å². The van der Waals surface area contributed by atoms with E-state index < -0.39 is 24.1 Å². The van der Waals surface area contributed by atoms with Crippen LogP contribution in [0, 0.1) is 0 Å². The Hall–Kier alpha value is -5.22. The van der Waals surface area contributed by atoms with E-state index in [1.54, 1.807) is 64.5 Å². The van der Waals surface area contributed by atoms with Crippen LogP contribution in [0.2, 0.25) is 0 Å². The molecule has 0 aromatic heterocycles. The number of rotatable bonds is 12. The zero-order chi connectivity index (χ0) is 33.4. The lowest BCUT2D eigenvalue weighted by atomic mass is 9.98. The Bertz CT molecular complexity index is 1690. The first-order valence-corrected chi connectivity index (χ1v) is 15.0. The molecule has 240 valence electrons. The fraction of sp³-hybridized carbons (Fsp3) is 0.278. The van der Waals surface area contributed by atoms with Gasteiger partial charge in [-0.1, -0.05) is 84.9 Å². The zero-order valence-corrected chi connectivity index (χ0v) is 26.9. The van der Waals surface area contributed by atoms with Gasteiger partial charge >= 0.3 is 6.09 Å². The molecule has 46 heavy (non-hydrogen) atoms. The van der Waals surface area contributed by atoms with Crippen molar-refractivity contribution in [1.29, 1.82) is 0 Å². The maximum Gasteiger partial charge on any atom is 0.404 e. The molecule has 4 amide bonds. The van der Waals surface area contributed by atoms with Gasteiger partial charge in [0.2, 0.25) is 5.91 Å². The minimum atomic E-state index is -1.17. The molecule has 0 radical (unpaired) electrons. The number of hydrazine groups is 1. The van der Waals surface area contributed by atoms with Gasteiger partial charge in [-0.05, 0) is 39.6 Å². The molecule has 0 saturated carbocycles. The number of benzene rings is 4. The number of amides is 4. The highest BCUT2D eigenvalue weighted by atomic mass is 16.4. The highest BCUT2D eigenvalue weighted by molar-refractivity contribution is 5.98. The minimum absolute atomic E-state index is 0.0328. The van der Waals surface area contributed by atoms with Crippen LogP contribution in [0.5, 0.6) is 0 Å². The number of carboxylic acid groups (broad SMARTS) is 1. The number of hydrogen-bond acceptors (Lipinski definition) is 5. The molecule has 0 spiro atoms. The van der Waals surface area contributed by atoms with E-state index >= 15 is 0 Å². The zero-order valence-electron chi connectivity index (χ0n) is 26.9. The lowest BCUT2D eigenvalue weighted by molar-refractivity contribution is -0.153. The number of likely N-dealkylation sites (N-methyl/N-ethyl adjacent to an activating group) is 3. The summed E-state index contributed by atoms with van der Waals surface area (Å²) in [4.78, 5) is 56.2. The third kappa shape index (κ3) is 8.28. The van der Waals surface area contributed by atoms with Gasteiger partial charge in [0, 0.05) is 60.2 Å². The first-order chi connectivity index (χ1) is 22.0. The molecule has 0 bridgehead atoms. The topological polar surface area (TPSA) is 114 Å². The summed E-state index contributed by atoms with van der Waals surface area (Å²) >= 11 is 0. The molecule has 0 aliphatic heterocycles. The number of hydrogen-bond donors (Lipinski definition) is 2. The fourth-order valence-corrected chi connectivity index (χ4v) is 5.34. The van der Waals surface area contributed by atoms with Crippen molar-refractivity contribution in [2.75, 3.05) is 35.2 Å². The van der Waals surface area contributed by atoms with Crippen LogP contribution >= 0.6 is 0 Å². The van der Waals surface area contributed by atoms with Crippen LogP contribution in [0.25, 0.3) is 10.8 Å². The van der Waals surface area contributed by atoms with Crippen molar-refractivity contribution in [3.63, 3.8) is 0 Å². The van der Waals surface area contributed by atoms with Crippen LogP contribution in [0.3, 0.4) is 0 Å². The number of carbonyl (C=O) groups excluding carboxylic acids is 3. The molecule has 2 atom stereocenters. The molecule has 2 unspecified atom stereocenters. The smallest absolute Gasteiger partial charge is 0.404 e. The first-order valence-electron chi connectivity index (χ1n) is 15.0. The largest absolute Gasteiger partial charge is 0.465 e. The molecule has 0 saturated heterocycles. The second-order valence-corrected chi connectivity index (χ2v) is 11.5. The minimum Gasteiger partial charge on any atom is -0.465 e. The summed E-state index contributed by atoms with van der Waals surface area (Å²) in [5, 5.41) is 16.5. The first kappa shape index (κ1) is 33.7. The van der Waals surface area contributed by atoms with E-state index in [2.05, 4.69) is 5.32 Å². The molecule has 4 rings (SSSR count). The summed E-state index contributed by atoms with van der Waals surface area (Å²) in [7, 11) is 8.37. The molecule has 10 nitrogen and oxygen atoms in total. The Balaban J connectivity index is 1.71. The molecule has 0 aliphatic carbocycles. The van der Waals surface area contributed by atoms with Crippen molar-refractivity contribution in [3.8, 4) is 0 Å². The summed E-state index contributed by atoms with van der Waals surface area (Å²) in [5.41, 5.74) is 2.68. The fourth-order valence-electron chi connectivity index (χ4n) is 5.34. The number of fused-ring (bicyclic) bond motifs is 1. The van der Waals surface area contributed by atoms with Crippen LogP contribution in [0.15, 0.2) is 97.1 Å². The van der Waals surface area contributed by atoms with Gasteiger partial charge in [0.1, 0.15) is 12.1 Å². The molecule has 0 fully saturated rings. The van der Waals surface area contributed by atoms with Crippen LogP contribution in [0.4, 0.5) is 4.79 Å². The maximum absolute atomic E-state index is 14.5. The highest BCUT2D eigenvalue weighted by Gasteiger charge is 2.37.